The smallest absolute Gasteiger partial charge is 0.319 e. The molecule has 12 nitrogen and oxygen atoms in total. The quantitative estimate of drug-likeness (QED) is 0.169. The van der Waals surface area contributed by atoms with Crippen LogP contribution in [0.15, 0.2) is 54.6 Å². The summed E-state index contributed by atoms with van der Waals surface area (Å²) in [6.07, 6.45) is 2.07. The van der Waals surface area contributed by atoms with E-state index in [1.54, 1.807) is 36.1 Å². The van der Waals surface area contributed by atoms with Crippen molar-refractivity contribution in [2.45, 2.75) is 96.5 Å². The van der Waals surface area contributed by atoms with Crippen molar-refractivity contribution in [1.29, 1.82) is 0 Å². The van der Waals surface area contributed by atoms with Crippen LogP contribution in [0.25, 0.3) is 0 Å². The Balaban J connectivity index is 1.38. The Hall–Kier alpha value is -4.16. The molecule has 0 spiro atoms. The Morgan fingerprint density at radius 2 is 1.38 bits per heavy atom. The molecule has 0 radical (unpaired) electrons. The van der Waals surface area contributed by atoms with Gasteiger partial charge in [-0.1, -0.05) is 69.6 Å². The van der Waals surface area contributed by atoms with Gasteiger partial charge in [0.2, 0.25) is 11.8 Å². The number of anilines is 1. The Bertz CT molecular complexity index is 1480. The van der Waals surface area contributed by atoms with Gasteiger partial charge in [-0.15, -0.1) is 0 Å². The maximum atomic E-state index is 13.8. The second kappa shape index (κ2) is 17.7. The molecule has 2 saturated heterocycles. The van der Waals surface area contributed by atoms with Gasteiger partial charge in [0.05, 0.1) is 12.6 Å². The summed E-state index contributed by atoms with van der Waals surface area (Å²) in [5.41, 5.74) is 0.541. The van der Waals surface area contributed by atoms with Gasteiger partial charge in [0.25, 0.3) is 0 Å². The van der Waals surface area contributed by atoms with Crippen LogP contribution in [0.4, 0.5) is 15.3 Å². The number of piperidine rings is 1. The van der Waals surface area contributed by atoms with E-state index in [4.69, 9.17) is 16.3 Å². The number of urea groups is 2. The number of amides is 6. The Morgan fingerprint density at radius 3 is 1.96 bits per heavy atom. The zero-order valence-corrected chi connectivity index (χ0v) is 30.3. The van der Waals surface area contributed by atoms with E-state index < -0.39 is 35.5 Å². The SMILES string of the molecule is CC(C)CC(NC(=O)N1CCC(NC(=O)Nc2ccc(Cl)cc2)CC1)C(=O)NC(Cc1ccccc1)C(=O)NC(CC(C)C)C(=O)C1(C)CO1. The van der Waals surface area contributed by atoms with Gasteiger partial charge in [-0.3, -0.25) is 14.4 Å². The normalized spacial score (nSPS) is 19.2. The summed E-state index contributed by atoms with van der Waals surface area (Å²) in [6, 6.07) is 12.6. The zero-order chi connectivity index (χ0) is 36.4. The molecule has 2 fully saturated rings. The minimum atomic E-state index is -0.993. The fourth-order valence-electron chi connectivity index (χ4n) is 5.98. The van der Waals surface area contributed by atoms with E-state index in [-0.39, 0.29) is 42.1 Å². The lowest BCUT2D eigenvalue weighted by atomic mass is 9.93. The molecule has 0 saturated carbocycles. The number of halogens is 1. The fourth-order valence-corrected chi connectivity index (χ4v) is 6.11. The topological polar surface area (TPSA) is 161 Å². The molecule has 2 aliphatic heterocycles. The van der Waals surface area contributed by atoms with Crippen molar-refractivity contribution in [2.75, 3.05) is 25.0 Å². The van der Waals surface area contributed by atoms with Crippen LogP contribution in [0.2, 0.25) is 5.02 Å². The largest absolute Gasteiger partial charge is 0.361 e. The molecule has 50 heavy (non-hydrogen) atoms. The number of likely N-dealkylation sites (tertiary alicyclic amines) is 1. The number of benzene rings is 2. The third-order valence-electron chi connectivity index (χ3n) is 8.90. The molecule has 2 aliphatic rings. The van der Waals surface area contributed by atoms with E-state index in [1.165, 1.54) is 0 Å². The monoisotopic (exact) mass is 710 g/mol. The summed E-state index contributed by atoms with van der Waals surface area (Å²) >= 11 is 5.92. The molecule has 4 atom stereocenters. The Kier molecular flexibility index (Phi) is 13.7. The molecular formula is C37H51ClN6O6. The first-order valence-corrected chi connectivity index (χ1v) is 17.8. The first kappa shape index (κ1) is 38.6. The van der Waals surface area contributed by atoms with Crippen molar-refractivity contribution >= 4 is 46.9 Å². The van der Waals surface area contributed by atoms with E-state index in [9.17, 15) is 24.0 Å². The molecule has 2 heterocycles. The number of carbonyl (C=O) groups excluding carboxylic acids is 5. The first-order chi connectivity index (χ1) is 23.7. The van der Waals surface area contributed by atoms with Gasteiger partial charge in [-0.25, -0.2) is 9.59 Å². The molecule has 272 valence electrons. The highest BCUT2D eigenvalue weighted by Crippen LogP contribution is 2.29. The summed E-state index contributed by atoms with van der Waals surface area (Å²) in [7, 11) is 0. The predicted molar refractivity (Wildman–Crippen MR) is 193 cm³/mol. The van der Waals surface area contributed by atoms with Crippen LogP contribution in [0.5, 0.6) is 0 Å². The molecule has 4 rings (SSSR count). The second-order valence-electron chi connectivity index (χ2n) is 14.3. The van der Waals surface area contributed by atoms with Crippen LogP contribution in [-0.4, -0.2) is 84.0 Å². The van der Waals surface area contributed by atoms with Crippen LogP contribution in [0, 0.1) is 11.8 Å². The summed E-state index contributed by atoms with van der Waals surface area (Å²) in [4.78, 5) is 68.5. The van der Waals surface area contributed by atoms with E-state index in [0.717, 1.165) is 5.56 Å². The summed E-state index contributed by atoms with van der Waals surface area (Å²) in [5, 5.41) is 15.0. The number of Topliss-reactive ketones (excluding diaryl/α,β-unsaturated/α-hetero) is 1. The van der Waals surface area contributed by atoms with Crippen LogP contribution in [0.1, 0.15) is 65.9 Å². The van der Waals surface area contributed by atoms with E-state index in [0.29, 0.717) is 56.1 Å². The van der Waals surface area contributed by atoms with Crippen molar-refractivity contribution < 1.29 is 28.7 Å². The average Bonchev–Trinajstić information content (AvgIpc) is 3.83. The zero-order valence-electron chi connectivity index (χ0n) is 29.6. The molecular weight excluding hydrogens is 660 g/mol. The van der Waals surface area contributed by atoms with Crippen molar-refractivity contribution in [3.63, 3.8) is 0 Å². The standard InChI is InChI=1S/C37H51ClN6O6/c1-23(2)19-29(32(45)37(5)22-50-37)41-34(47)31(21-25-9-7-6-8-10-25)42-33(46)30(20-24(3)4)43-36(49)44-17-15-28(16-18-44)40-35(48)39-27-13-11-26(38)12-14-27/h6-14,23-24,28-31H,15-22H2,1-5H3,(H,41,47)(H,42,46)(H,43,49)(H2,39,40,48). The molecule has 2 aromatic rings. The molecule has 13 heteroatoms. The van der Waals surface area contributed by atoms with Crippen molar-refractivity contribution in [1.82, 2.24) is 26.2 Å². The summed E-state index contributed by atoms with van der Waals surface area (Å²) < 4.78 is 5.39. The second-order valence-corrected chi connectivity index (χ2v) is 14.8. The lowest BCUT2D eigenvalue weighted by Crippen LogP contribution is -2.59. The number of rotatable bonds is 15. The molecule has 6 amide bonds. The van der Waals surface area contributed by atoms with Gasteiger partial charge in [0.15, 0.2) is 5.78 Å². The molecule has 0 aromatic heterocycles. The van der Waals surface area contributed by atoms with E-state index in [2.05, 4.69) is 26.6 Å². The number of nitrogens with one attached hydrogen (secondary N) is 5. The highest BCUT2D eigenvalue weighted by Gasteiger charge is 2.50. The number of hydrogen-bond donors (Lipinski definition) is 5. The molecule has 0 bridgehead atoms. The number of ether oxygens (including phenoxy) is 1. The third kappa shape index (κ3) is 11.7. The summed E-state index contributed by atoms with van der Waals surface area (Å²) in [6.45, 7) is 10.7. The highest BCUT2D eigenvalue weighted by atomic mass is 35.5. The van der Waals surface area contributed by atoms with Gasteiger partial charge in [-0.05, 0) is 74.3 Å². The minimum absolute atomic E-state index is 0.0638. The molecule has 5 N–H and O–H groups in total. The maximum Gasteiger partial charge on any atom is 0.319 e. The Labute approximate surface area is 299 Å². The minimum Gasteiger partial charge on any atom is -0.361 e. The van der Waals surface area contributed by atoms with E-state index in [1.807, 2.05) is 58.0 Å². The number of hydrogen-bond acceptors (Lipinski definition) is 6. The number of epoxide rings is 1. The maximum absolute atomic E-state index is 13.8. The Morgan fingerprint density at radius 1 is 0.820 bits per heavy atom. The van der Waals surface area contributed by atoms with Gasteiger partial charge in [-0.2, -0.15) is 0 Å². The molecule has 0 aliphatic carbocycles. The average molecular weight is 711 g/mol. The van der Waals surface area contributed by atoms with Crippen LogP contribution in [0.3, 0.4) is 0 Å². The lowest BCUT2D eigenvalue weighted by molar-refractivity contribution is -0.133. The first-order valence-electron chi connectivity index (χ1n) is 17.4. The third-order valence-corrected chi connectivity index (χ3v) is 9.15. The molecule has 4 unspecified atom stereocenters. The van der Waals surface area contributed by atoms with Gasteiger partial charge >= 0.3 is 12.1 Å². The summed E-state index contributed by atoms with van der Waals surface area (Å²) in [5.74, 6) is -0.950. The van der Waals surface area contributed by atoms with Crippen LogP contribution < -0.4 is 26.6 Å². The molecule has 2 aromatic carbocycles. The lowest BCUT2D eigenvalue weighted by Gasteiger charge is -2.34. The fraction of sp³-hybridized carbons (Fsp3) is 0.541. The van der Waals surface area contributed by atoms with Crippen molar-refractivity contribution in [3.8, 4) is 0 Å². The number of ketones is 1. The number of nitrogens with zero attached hydrogens (tertiary/aromatic N) is 1. The van der Waals surface area contributed by atoms with Crippen LogP contribution in [-0.2, 0) is 25.5 Å². The van der Waals surface area contributed by atoms with Gasteiger partial charge in [0.1, 0.15) is 17.7 Å². The number of carbonyl (C=O) groups is 5. The van der Waals surface area contributed by atoms with E-state index >= 15 is 0 Å². The van der Waals surface area contributed by atoms with Crippen molar-refractivity contribution in [2.24, 2.45) is 11.8 Å². The predicted octanol–water partition coefficient (Wildman–Crippen LogP) is 4.67. The van der Waals surface area contributed by atoms with Crippen molar-refractivity contribution in [3.05, 3.63) is 65.2 Å². The van der Waals surface area contributed by atoms with Gasteiger partial charge in [0, 0.05) is 36.3 Å². The van der Waals surface area contributed by atoms with Gasteiger partial charge < -0.3 is 36.2 Å². The highest BCUT2D eigenvalue weighted by molar-refractivity contribution is 6.30. The van der Waals surface area contributed by atoms with Crippen LogP contribution >= 0.6 is 11.6 Å².